The molecule has 122 valence electrons. The topological polar surface area (TPSA) is 97.0 Å². The number of carbonyl (C=O) groups is 1. The minimum absolute atomic E-state index is 0.0541. The van der Waals surface area contributed by atoms with E-state index in [1.165, 1.54) is 28.4 Å². The number of aromatic nitrogens is 5. The van der Waals surface area contributed by atoms with Crippen molar-refractivity contribution in [2.45, 2.75) is 25.4 Å². The first kappa shape index (κ1) is 14.8. The van der Waals surface area contributed by atoms with Crippen LogP contribution in [0.25, 0.3) is 5.69 Å². The van der Waals surface area contributed by atoms with Gasteiger partial charge < -0.3 is 10.0 Å². The lowest BCUT2D eigenvalue weighted by molar-refractivity contribution is 0.0726. The number of phenolic OH excluding ortho intramolecular Hbond substituents is 1. The van der Waals surface area contributed by atoms with Crippen LogP contribution < -0.4 is 0 Å². The van der Waals surface area contributed by atoms with Gasteiger partial charge in [-0.1, -0.05) is 0 Å². The average molecular weight is 342 g/mol. The van der Waals surface area contributed by atoms with Crippen LogP contribution in [0.15, 0.2) is 36.1 Å². The predicted octanol–water partition coefficient (Wildman–Crippen LogP) is 1.63. The van der Waals surface area contributed by atoms with Gasteiger partial charge in [-0.15, -0.1) is 16.4 Å². The number of tetrazole rings is 1. The van der Waals surface area contributed by atoms with Crippen molar-refractivity contribution in [1.29, 1.82) is 0 Å². The molecule has 0 unspecified atom stereocenters. The lowest BCUT2D eigenvalue weighted by Crippen LogP contribution is -2.32. The lowest BCUT2D eigenvalue weighted by Gasteiger charge is -2.22. The lowest BCUT2D eigenvalue weighted by atomic mass is 10.1. The molecule has 0 spiro atoms. The summed E-state index contributed by atoms with van der Waals surface area (Å²) in [6.45, 7) is 0.454. The monoisotopic (exact) mass is 342 g/mol. The standard InChI is InChI=1S/C15H14N6O2S/c22-13-4-3-11(21-9-17-18-19-21)7-12(13)15(23)20(10-1-2-10)8-14-16-5-6-24-14/h3-7,9-10,22H,1-2,8H2. The van der Waals surface area contributed by atoms with Crippen molar-refractivity contribution in [1.82, 2.24) is 30.1 Å². The number of hydrogen-bond acceptors (Lipinski definition) is 7. The first-order chi connectivity index (χ1) is 11.7. The Morgan fingerprint density at radius 2 is 2.29 bits per heavy atom. The Morgan fingerprint density at radius 3 is 2.96 bits per heavy atom. The van der Waals surface area contributed by atoms with E-state index in [0.29, 0.717) is 12.2 Å². The molecular formula is C15H14N6O2S. The zero-order chi connectivity index (χ0) is 16.5. The number of rotatable bonds is 5. The second kappa shape index (κ2) is 6.00. The summed E-state index contributed by atoms with van der Waals surface area (Å²) in [5, 5.41) is 23.9. The van der Waals surface area contributed by atoms with Crippen molar-refractivity contribution in [2.75, 3.05) is 0 Å². The van der Waals surface area contributed by atoms with Gasteiger partial charge in [-0.2, -0.15) is 0 Å². The van der Waals surface area contributed by atoms with Crippen molar-refractivity contribution < 1.29 is 9.90 Å². The largest absolute Gasteiger partial charge is 0.507 e. The van der Waals surface area contributed by atoms with Gasteiger partial charge in [0.05, 0.1) is 17.8 Å². The van der Waals surface area contributed by atoms with E-state index in [1.54, 1.807) is 23.2 Å². The van der Waals surface area contributed by atoms with Crippen LogP contribution in [0.5, 0.6) is 5.75 Å². The van der Waals surface area contributed by atoms with Gasteiger partial charge in [-0.3, -0.25) is 4.79 Å². The van der Waals surface area contributed by atoms with Crippen LogP contribution >= 0.6 is 11.3 Å². The van der Waals surface area contributed by atoms with Gasteiger partial charge in [-0.05, 0) is 41.5 Å². The Morgan fingerprint density at radius 1 is 1.42 bits per heavy atom. The smallest absolute Gasteiger partial charge is 0.258 e. The molecule has 24 heavy (non-hydrogen) atoms. The number of carbonyl (C=O) groups excluding carboxylic acids is 1. The Hall–Kier alpha value is -2.81. The number of aromatic hydroxyl groups is 1. The number of benzene rings is 1. The summed E-state index contributed by atoms with van der Waals surface area (Å²) in [5.74, 6) is -0.262. The quantitative estimate of drug-likeness (QED) is 0.757. The molecular weight excluding hydrogens is 328 g/mol. The van der Waals surface area contributed by atoms with Crippen LogP contribution in [0.1, 0.15) is 28.2 Å². The van der Waals surface area contributed by atoms with E-state index in [0.717, 1.165) is 17.8 Å². The molecule has 8 nitrogen and oxygen atoms in total. The highest BCUT2D eigenvalue weighted by molar-refractivity contribution is 7.09. The molecule has 2 heterocycles. The second-order valence-electron chi connectivity index (χ2n) is 5.55. The van der Waals surface area contributed by atoms with Gasteiger partial charge in [0, 0.05) is 17.6 Å². The van der Waals surface area contributed by atoms with E-state index in [-0.39, 0.29) is 23.3 Å². The molecule has 3 aromatic rings. The van der Waals surface area contributed by atoms with Crippen LogP contribution in [0.2, 0.25) is 0 Å². The first-order valence-corrected chi connectivity index (χ1v) is 8.36. The average Bonchev–Trinajstić information content (AvgIpc) is 3.07. The maximum atomic E-state index is 13.0. The van der Waals surface area contributed by atoms with E-state index in [4.69, 9.17) is 0 Å². The molecule has 1 fully saturated rings. The molecule has 1 aliphatic carbocycles. The highest BCUT2D eigenvalue weighted by Gasteiger charge is 2.34. The molecule has 1 aromatic carbocycles. The number of nitrogens with zero attached hydrogens (tertiary/aromatic N) is 6. The van der Waals surface area contributed by atoms with Gasteiger partial charge in [0.15, 0.2) is 0 Å². The first-order valence-electron chi connectivity index (χ1n) is 7.48. The highest BCUT2D eigenvalue weighted by Crippen LogP contribution is 2.32. The van der Waals surface area contributed by atoms with Crippen molar-refractivity contribution >= 4 is 17.2 Å². The molecule has 4 rings (SSSR count). The fourth-order valence-electron chi connectivity index (χ4n) is 2.50. The highest BCUT2D eigenvalue weighted by atomic mass is 32.1. The van der Waals surface area contributed by atoms with Crippen molar-refractivity contribution in [3.05, 3.63) is 46.7 Å². The number of thiazole rings is 1. The van der Waals surface area contributed by atoms with Crippen molar-refractivity contribution in [3.63, 3.8) is 0 Å². The predicted molar refractivity (Wildman–Crippen MR) is 85.8 cm³/mol. The molecule has 0 saturated heterocycles. The summed E-state index contributed by atoms with van der Waals surface area (Å²) in [6.07, 6.45) is 5.12. The Bertz CT molecular complexity index is 845. The second-order valence-corrected chi connectivity index (χ2v) is 6.53. The van der Waals surface area contributed by atoms with Gasteiger partial charge in [0.2, 0.25) is 0 Å². The van der Waals surface area contributed by atoms with Gasteiger partial charge in [-0.25, -0.2) is 9.67 Å². The van der Waals surface area contributed by atoms with Gasteiger partial charge in [0.25, 0.3) is 5.91 Å². The summed E-state index contributed by atoms with van der Waals surface area (Å²) in [7, 11) is 0. The number of amides is 1. The van der Waals surface area contributed by atoms with Gasteiger partial charge in [0.1, 0.15) is 17.1 Å². The van der Waals surface area contributed by atoms with Gasteiger partial charge >= 0.3 is 0 Å². The normalized spacial score (nSPS) is 13.8. The van der Waals surface area contributed by atoms with E-state index in [1.807, 2.05) is 5.38 Å². The Balaban J connectivity index is 1.65. The Kier molecular flexibility index (Phi) is 3.69. The SMILES string of the molecule is O=C(c1cc(-n2cnnn2)ccc1O)N(Cc1nccs1)C1CC1. The zero-order valence-corrected chi connectivity index (χ0v) is 13.4. The minimum atomic E-state index is -0.208. The fraction of sp³-hybridized carbons (Fsp3) is 0.267. The molecule has 1 N–H and O–H groups in total. The molecule has 0 bridgehead atoms. The molecule has 1 amide bonds. The Labute approximate surface area is 141 Å². The maximum absolute atomic E-state index is 13.0. The number of hydrogen-bond donors (Lipinski definition) is 1. The van der Waals surface area contributed by atoms with Crippen LogP contribution in [-0.4, -0.2) is 47.1 Å². The van der Waals surface area contributed by atoms with Crippen LogP contribution in [0, 0.1) is 0 Å². The van der Waals surface area contributed by atoms with Crippen LogP contribution in [-0.2, 0) is 6.54 Å². The van der Waals surface area contributed by atoms with Crippen LogP contribution in [0.4, 0.5) is 0 Å². The zero-order valence-electron chi connectivity index (χ0n) is 12.6. The molecule has 0 radical (unpaired) electrons. The van der Waals surface area contributed by atoms with E-state index >= 15 is 0 Å². The summed E-state index contributed by atoms with van der Waals surface area (Å²) < 4.78 is 1.44. The third-order valence-corrected chi connectivity index (χ3v) is 4.63. The van der Waals surface area contributed by atoms with Crippen molar-refractivity contribution in [2.24, 2.45) is 0 Å². The molecule has 9 heteroatoms. The van der Waals surface area contributed by atoms with Crippen LogP contribution in [0.3, 0.4) is 0 Å². The third-order valence-electron chi connectivity index (χ3n) is 3.86. The summed E-state index contributed by atoms with van der Waals surface area (Å²) in [5.41, 5.74) is 0.859. The summed E-state index contributed by atoms with van der Waals surface area (Å²) in [6, 6.07) is 4.95. The molecule has 2 aromatic heterocycles. The van der Waals surface area contributed by atoms with E-state index in [2.05, 4.69) is 20.5 Å². The third kappa shape index (κ3) is 2.85. The maximum Gasteiger partial charge on any atom is 0.258 e. The van der Waals surface area contributed by atoms with E-state index < -0.39 is 0 Å². The van der Waals surface area contributed by atoms with Crippen molar-refractivity contribution in [3.8, 4) is 11.4 Å². The van der Waals surface area contributed by atoms with E-state index in [9.17, 15) is 9.90 Å². The fourth-order valence-corrected chi connectivity index (χ4v) is 3.12. The number of phenols is 1. The summed E-state index contributed by atoms with van der Waals surface area (Å²) in [4.78, 5) is 19.0. The molecule has 1 saturated carbocycles. The molecule has 0 aliphatic heterocycles. The molecule has 1 aliphatic rings. The summed E-state index contributed by atoms with van der Waals surface area (Å²) >= 11 is 1.52. The minimum Gasteiger partial charge on any atom is -0.507 e. The molecule has 0 atom stereocenters.